The fourth-order valence-electron chi connectivity index (χ4n) is 5.18. The summed E-state index contributed by atoms with van der Waals surface area (Å²) in [5, 5.41) is 40.7. The van der Waals surface area contributed by atoms with Crippen LogP contribution in [-0.2, 0) is 14.4 Å². The van der Waals surface area contributed by atoms with E-state index >= 15 is 0 Å². The number of hydrogen-bond acceptors (Lipinski definition) is 11. The first-order valence-electron chi connectivity index (χ1n) is 14.7. The van der Waals surface area contributed by atoms with E-state index in [9.17, 15) is 48.4 Å². The molecule has 1 aliphatic carbocycles. The third-order valence-electron chi connectivity index (χ3n) is 7.30. The van der Waals surface area contributed by atoms with Gasteiger partial charge in [0.25, 0.3) is 0 Å². The summed E-state index contributed by atoms with van der Waals surface area (Å²) in [6.45, 7) is -2.16. The average molecular weight is 695 g/mol. The molecule has 0 saturated carbocycles. The van der Waals surface area contributed by atoms with Crippen molar-refractivity contribution in [2.45, 2.75) is 0 Å². The number of methoxy groups -OCH3 is 1. The first kappa shape index (κ1) is 34.7. The van der Waals surface area contributed by atoms with Gasteiger partial charge in [0.05, 0.1) is 18.5 Å². The summed E-state index contributed by atoms with van der Waals surface area (Å²) in [6, 6.07) is 12.7. The fraction of sp³-hybridized carbons (Fsp3) is 0.176. The van der Waals surface area contributed by atoms with E-state index in [1.807, 2.05) is 0 Å². The second-order valence-electron chi connectivity index (χ2n) is 10.7. The van der Waals surface area contributed by atoms with Crippen LogP contribution in [0.4, 0.5) is 20.2 Å². The second-order valence-corrected chi connectivity index (χ2v) is 10.7. The normalized spacial score (nSPS) is 10.9. The molecule has 0 saturated heterocycles. The molecular weight excluding hydrogens is 666 g/mol. The van der Waals surface area contributed by atoms with Crippen LogP contribution in [0.15, 0.2) is 69.9 Å². The maximum Gasteiger partial charge on any atom is 0.323 e. The molecule has 50 heavy (non-hydrogen) atoms. The van der Waals surface area contributed by atoms with Crippen molar-refractivity contribution in [1.29, 1.82) is 0 Å². The Morgan fingerprint density at radius 1 is 0.840 bits per heavy atom. The van der Waals surface area contributed by atoms with Gasteiger partial charge in [0.15, 0.2) is 17.4 Å². The number of rotatable bonds is 15. The van der Waals surface area contributed by atoms with Gasteiger partial charge < -0.3 is 49.3 Å². The number of phenols is 1. The van der Waals surface area contributed by atoms with E-state index in [2.05, 4.69) is 5.32 Å². The van der Waals surface area contributed by atoms with Crippen molar-refractivity contribution in [3.63, 3.8) is 0 Å². The summed E-state index contributed by atoms with van der Waals surface area (Å²) >= 11 is 0. The fourth-order valence-corrected chi connectivity index (χ4v) is 5.18. The van der Waals surface area contributed by atoms with Crippen molar-refractivity contribution >= 4 is 40.3 Å². The van der Waals surface area contributed by atoms with Gasteiger partial charge in [-0.05, 0) is 42.0 Å². The van der Waals surface area contributed by atoms with Gasteiger partial charge in [0, 0.05) is 34.7 Å². The van der Waals surface area contributed by atoms with Crippen LogP contribution in [-0.4, -0.2) is 78.3 Å². The van der Waals surface area contributed by atoms with Crippen LogP contribution in [0.3, 0.4) is 0 Å². The zero-order chi connectivity index (χ0) is 36.1. The monoisotopic (exact) mass is 694 g/mol. The van der Waals surface area contributed by atoms with Crippen LogP contribution in [0.2, 0.25) is 0 Å². The molecule has 1 aliphatic heterocycles. The molecule has 3 aromatic rings. The summed E-state index contributed by atoms with van der Waals surface area (Å²) in [5.41, 5.74) is 0.0168. The zero-order valence-electron chi connectivity index (χ0n) is 26.1. The summed E-state index contributed by atoms with van der Waals surface area (Å²) < 4.78 is 52.0. The molecule has 0 aromatic heterocycles. The van der Waals surface area contributed by atoms with Gasteiger partial charge in [-0.2, -0.15) is 0 Å². The summed E-state index contributed by atoms with van der Waals surface area (Å²) in [6.07, 6.45) is 0. The average Bonchev–Trinajstić information content (AvgIpc) is 3.05. The molecule has 0 bridgehead atoms. The Labute approximate surface area is 280 Å². The molecule has 0 fully saturated rings. The van der Waals surface area contributed by atoms with Crippen LogP contribution >= 0.6 is 0 Å². The van der Waals surface area contributed by atoms with Crippen LogP contribution in [0.1, 0.15) is 0 Å². The largest absolute Gasteiger partial charge is 0.505 e. The smallest absolute Gasteiger partial charge is 0.323 e. The number of benzene rings is 4. The molecule has 14 nitrogen and oxygen atoms in total. The highest BCUT2D eigenvalue weighted by Gasteiger charge is 2.23. The molecule has 260 valence electrons. The van der Waals surface area contributed by atoms with Crippen molar-refractivity contribution in [3.05, 3.63) is 82.5 Å². The lowest BCUT2D eigenvalue weighted by atomic mass is 9.93. The van der Waals surface area contributed by atoms with Gasteiger partial charge in [-0.1, -0.05) is 6.07 Å². The second kappa shape index (κ2) is 14.7. The number of fused-ring (bicyclic) bond motifs is 2. The minimum atomic E-state index is -1.28. The van der Waals surface area contributed by atoms with Crippen molar-refractivity contribution < 1.29 is 62.2 Å². The van der Waals surface area contributed by atoms with E-state index in [1.165, 1.54) is 43.5 Å². The first-order valence-corrected chi connectivity index (χ1v) is 14.7. The van der Waals surface area contributed by atoms with Gasteiger partial charge in [-0.25, -0.2) is 8.78 Å². The van der Waals surface area contributed by atoms with Gasteiger partial charge in [-0.15, -0.1) is 0 Å². The van der Waals surface area contributed by atoms with E-state index in [0.29, 0.717) is 11.3 Å². The predicted molar refractivity (Wildman–Crippen MR) is 174 cm³/mol. The Morgan fingerprint density at radius 3 is 2.20 bits per heavy atom. The lowest BCUT2D eigenvalue weighted by molar-refractivity contribution is -0.137. The topological polar surface area (TPSA) is 205 Å². The zero-order valence-corrected chi connectivity index (χ0v) is 26.1. The molecule has 0 amide bonds. The molecule has 0 spiro atoms. The number of aliphatic carboxylic acids is 3. The number of hydrogen-bond donors (Lipinski definition) is 5. The lowest BCUT2D eigenvalue weighted by Crippen LogP contribution is -2.34. The Morgan fingerprint density at radius 2 is 1.54 bits per heavy atom. The maximum atomic E-state index is 14.6. The van der Waals surface area contributed by atoms with Crippen molar-refractivity contribution in [2.24, 2.45) is 0 Å². The summed E-state index contributed by atoms with van der Waals surface area (Å²) in [7, 11) is 1.39. The predicted octanol–water partition coefficient (Wildman–Crippen LogP) is 4.49. The van der Waals surface area contributed by atoms with Crippen molar-refractivity contribution in [2.75, 3.05) is 50.2 Å². The standard InChI is InChI=1S/C34H28F2N2O12/c1-47-18-3-5-24(38(15-32(43)44)16-33(45)46)30(9-18)49-7-6-48-29-8-17(2-4-23(29)37-14-31(41)42)34-19-10-21(35)25(39)12-27(19)50-28-13-26(40)22(36)11-20(28)34/h2-5,8-13,37,39H,6-7,14-16H2,1H3,(H,41,42)(H,43,44)(H,45,46). The maximum absolute atomic E-state index is 14.6. The molecule has 2 aliphatic rings. The molecule has 0 unspecified atom stereocenters. The minimum absolute atomic E-state index is 0.0183. The van der Waals surface area contributed by atoms with Gasteiger partial charge in [0.2, 0.25) is 5.43 Å². The highest BCUT2D eigenvalue weighted by molar-refractivity contribution is 6.02. The molecule has 0 atom stereocenters. The third kappa shape index (κ3) is 7.75. The van der Waals surface area contributed by atoms with Crippen LogP contribution in [0, 0.1) is 11.6 Å². The summed E-state index contributed by atoms with van der Waals surface area (Å²) in [5.74, 6) is -6.09. The Balaban J connectivity index is 1.51. The van der Waals surface area contributed by atoms with Crippen molar-refractivity contribution in [3.8, 4) is 45.4 Å². The number of phenolic OH excluding ortho intramolecular Hbond substituents is 1. The number of carbonyl (C=O) groups is 3. The highest BCUT2D eigenvalue weighted by Crippen LogP contribution is 2.43. The molecule has 5 rings (SSSR count). The highest BCUT2D eigenvalue weighted by atomic mass is 19.1. The van der Waals surface area contributed by atoms with Gasteiger partial charge in [0.1, 0.15) is 61.4 Å². The van der Waals surface area contributed by atoms with Crippen LogP contribution in [0.5, 0.6) is 23.0 Å². The number of ether oxygens (including phenoxy) is 3. The Hall–Kier alpha value is -6.58. The van der Waals surface area contributed by atoms with E-state index in [0.717, 1.165) is 29.2 Å². The summed E-state index contributed by atoms with van der Waals surface area (Å²) in [4.78, 5) is 47.4. The van der Waals surface area contributed by atoms with E-state index < -0.39 is 60.4 Å². The quantitative estimate of drug-likeness (QED) is 0.0757. The third-order valence-corrected chi connectivity index (χ3v) is 7.30. The van der Waals surface area contributed by atoms with E-state index in [-0.39, 0.29) is 63.9 Å². The molecule has 5 N–H and O–H groups in total. The number of carboxylic acid groups (broad SMARTS) is 3. The Kier molecular flexibility index (Phi) is 10.2. The molecule has 0 radical (unpaired) electrons. The number of nitrogens with zero attached hydrogens (tertiary/aromatic N) is 1. The van der Waals surface area contributed by atoms with Crippen LogP contribution < -0.4 is 29.9 Å². The minimum Gasteiger partial charge on any atom is -0.505 e. The number of aromatic hydroxyl groups is 1. The molecule has 3 aromatic carbocycles. The van der Waals surface area contributed by atoms with Crippen LogP contribution in [0.25, 0.3) is 33.4 Å². The van der Waals surface area contributed by atoms with E-state index in [4.69, 9.17) is 18.6 Å². The van der Waals surface area contributed by atoms with Gasteiger partial charge >= 0.3 is 17.9 Å². The molecule has 16 heteroatoms. The van der Waals surface area contributed by atoms with Crippen molar-refractivity contribution in [1.82, 2.24) is 0 Å². The first-order chi connectivity index (χ1) is 23.8. The Bertz CT molecular complexity index is 2120. The van der Waals surface area contributed by atoms with E-state index in [1.54, 1.807) is 0 Å². The van der Waals surface area contributed by atoms with Gasteiger partial charge in [-0.3, -0.25) is 19.2 Å². The lowest BCUT2D eigenvalue weighted by Gasteiger charge is -2.24. The SMILES string of the molecule is COc1ccc(N(CC(=O)O)CC(=O)O)c(OCCOc2cc(-c3c4cc(F)c(=O)cc-4oc4cc(O)c(F)cc34)ccc2NCC(=O)O)c1. The number of carboxylic acids is 3. The molecule has 1 heterocycles. The number of halogens is 2. The molecular formula is C34H28F2N2O12. The number of anilines is 2. The number of nitrogens with one attached hydrogen (secondary N) is 1.